The van der Waals surface area contributed by atoms with E-state index < -0.39 is 0 Å². The van der Waals surface area contributed by atoms with Crippen LogP contribution in [0, 0.1) is 13.8 Å². The predicted molar refractivity (Wildman–Crippen MR) is 151 cm³/mol. The lowest BCUT2D eigenvalue weighted by Gasteiger charge is -2.20. The molecule has 37 heavy (non-hydrogen) atoms. The zero-order chi connectivity index (χ0) is 25.9. The summed E-state index contributed by atoms with van der Waals surface area (Å²) in [7, 11) is 0. The molecule has 2 heterocycles. The van der Waals surface area contributed by atoms with Gasteiger partial charge in [0, 0.05) is 31.1 Å². The smallest absolute Gasteiger partial charge is 0.227 e. The number of ether oxygens (including phenoxy) is 1. The van der Waals surface area contributed by atoms with E-state index in [9.17, 15) is 4.79 Å². The van der Waals surface area contributed by atoms with Gasteiger partial charge in [-0.1, -0.05) is 56.3 Å². The number of hydrogen-bond donors (Lipinski definition) is 0. The fourth-order valence-corrected chi connectivity index (χ4v) is 5.41. The van der Waals surface area contributed by atoms with Gasteiger partial charge < -0.3 is 14.2 Å². The Hall–Kier alpha value is -3.60. The Balaban J connectivity index is 1.30. The van der Waals surface area contributed by atoms with Gasteiger partial charge in [0.15, 0.2) is 0 Å². The highest BCUT2D eigenvalue weighted by Gasteiger charge is 2.35. The fraction of sp³-hybridized carbons (Fsp3) is 0.375. The number of carbonyl (C=O) groups excluding carboxylic acids is 1. The first-order valence-corrected chi connectivity index (χ1v) is 13.5. The molecule has 3 aromatic carbocycles. The highest BCUT2D eigenvalue weighted by molar-refractivity contribution is 5.97. The van der Waals surface area contributed by atoms with Crippen LogP contribution >= 0.6 is 0 Å². The molecule has 0 saturated carbocycles. The second kappa shape index (κ2) is 10.8. The molecule has 1 fully saturated rings. The van der Waals surface area contributed by atoms with Gasteiger partial charge in [-0.05, 0) is 73.6 Å². The minimum atomic E-state index is 0.0778. The number of fused-ring (bicyclic) bond motifs is 1. The third-order valence-electron chi connectivity index (χ3n) is 7.40. The van der Waals surface area contributed by atoms with Crippen molar-refractivity contribution >= 4 is 22.6 Å². The topological polar surface area (TPSA) is 47.4 Å². The first-order chi connectivity index (χ1) is 17.9. The lowest BCUT2D eigenvalue weighted by atomic mass is 10.0. The van der Waals surface area contributed by atoms with Crippen LogP contribution in [0.4, 0.5) is 5.69 Å². The van der Waals surface area contributed by atoms with Crippen LogP contribution in [-0.4, -0.2) is 28.6 Å². The summed E-state index contributed by atoms with van der Waals surface area (Å²) in [4.78, 5) is 20.1. The Morgan fingerprint density at radius 2 is 1.78 bits per heavy atom. The summed E-state index contributed by atoms with van der Waals surface area (Å²) >= 11 is 0. The van der Waals surface area contributed by atoms with Gasteiger partial charge in [-0.2, -0.15) is 0 Å². The van der Waals surface area contributed by atoms with Gasteiger partial charge in [0.25, 0.3) is 0 Å². The van der Waals surface area contributed by atoms with Crippen molar-refractivity contribution in [2.24, 2.45) is 0 Å². The molecular formula is C32H37N3O2. The van der Waals surface area contributed by atoms with Crippen molar-refractivity contribution in [3.05, 3.63) is 89.2 Å². The van der Waals surface area contributed by atoms with Gasteiger partial charge in [-0.15, -0.1) is 0 Å². The largest absolute Gasteiger partial charge is 0.493 e. The molecular weight excluding hydrogens is 458 g/mol. The van der Waals surface area contributed by atoms with Crippen molar-refractivity contribution in [2.45, 2.75) is 65.3 Å². The van der Waals surface area contributed by atoms with E-state index in [1.54, 1.807) is 0 Å². The monoisotopic (exact) mass is 495 g/mol. The lowest BCUT2D eigenvalue weighted by molar-refractivity contribution is -0.117. The number of nitrogens with zero attached hydrogens (tertiary/aromatic N) is 3. The van der Waals surface area contributed by atoms with Crippen molar-refractivity contribution < 1.29 is 9.53 Å². The molecule has 0 aliphatic carbocycles. The van der Waals surface area contributed by atoms with E-state index in [0.29, 0.717) is 25.5 Å². The average Bonchev–Trinajstić information content (AvgIpc) is 3.46. The predicted octanol–water partition coefficient (Wildman–Crippen LogP) is 7.16. The van der Waals surface area contributed by atoms with Crippen LogP contribution < -0.4 is 9.64 Å². The Morgan fingerprint density at radius 1 is 1.00 bits per heavy atom. The molecule has 5 rings (SSSR count). The van der Waals surface area contributed by atoms with Gasteiger partial charge in [0.2, 0.25) is 5.91 Å². The quantitative estimate of drug-likeness (QED) is 0.232. The van der Waals surface area contributed by atoms with E-state index in [-0.39, 0.29) is 11.8 Å². The third-order valence-corrected chi connectivity index (χ3v) is 7.40. The highest BCUT2D eigenvalue weighted by atomic mass is 16.5. The Kier molecular flexibility index (Phi) is 7.31. The van der Waals surface area contributed by atoms with E-state index in [0.717, 1.165) is 53.2 Å². The molecule has 1 atom stereocenters. The first-order valence-electron chi connectivity index (χ1n) is 13.5. The van der Waals surface area contributed by atoms with Crippen molar-refractivity contribution in [3.8, 4) is 5.75 Å². The number of benzene rings is 3. The molecule has 1 unspecified atom stereocenters. The van der Waals surface area contributed by atoms with E-state index in [2.05, 4.69) is 86.9 Å². The van der Waals surface area contributed by atoms with Gasteiger partial charge >= 0.3 is 0 Å². The molecule has 0 radical (unpaired) electrons. The van der Waals surface area contributed by atoms with Crippen LogP contribution in [0.25, 0.3) is 11.0 Å². The number of amides is 1. The molecule has 192 valence electrons. The summed E-state index contributed by atoms with van der Waals surface area (Å²) in [6, 6.07) is 23.0. The molecule has 5 nitrogen and oxygen atoms in total. The molecule has 1 aromatic heterocycles. The van der Waals surface area contributed by atoms with Crippen molar-refractivity contribution in [1.82, 2.24) is 9.55 Å². The molecule has 0 spiro atoms. The summed E-state index contributed by atoms with van der Waals surface area (Å²) in [6.45, 7) is 10.8. The lowest BCUT2D eigenvalue weighted by Crippen LogP contribution is -2.25. The van der Waals surface area contributed by atoms with Crippen molar-refractivity contribution in [1.29, 1.82) is 0 Å². The minimum absolute atomic E-state index is 0.0778. The number of aryl methyl sites for hydroxylation is 3. The maximum atomic E-state index is 13.1. The number of imidazole rings is 1. The first kappa shape index (κ1) is 25.1. The number of carbonyl (C=O) groups is 1. The SMILES string of the molecule is Cc1ccc(C)c(N2CC(c3nc4ccccc4n3CCCCOc3ccccc3C(C)C)CC2=O)c1. The average molecular weight is 496 g/mol. The van der Waals surface area contributed by atoms with Crippen LogP contribution in [0.2, 0.25) is 0 Å². The standard InChI is InChI=1S/C32H37N3O2/c1-22(2)26-11-5-8-14-30(26)37-18-10-9-17-34-28-13-7-6-12-27(28)33-32(34)25-20-31(36)35(21-25)29-19-23(3)15-16-24(29)4/h5-8,11-16,19,22,25H,9-10,17-18,20-21H2,1-4H3. The molecule has 5 heteroatoms. The second-order valence-corrected chi connectivity index (χ2v) is 10.6. The Bertz CT molecular complexity index is 1400. The van der Waals surface area contributed by atoms with Crippen molar-refractivity contribution in [3.63, 3.8) is 0 Å². The van der Waals surface area contributed by atoms with Crippen LogP contribution in [0.5, 0.6) is 5.75 Å². The molecule has 1 aliphatic heterocycles. The molecule has 4 aromatic rings. The van der Waals surface area contributed by atoms with Gasteiger partial charge in [-0.3, -0.25) is 4.79 Å². The number of unbranched alkanes of at least 4 members (excludes halogenated alkanes) is 1. The Labute approximate surface area is 220 Å². The van der Waals surface area contributed by atoms with E-state index in [1.165, 1.54) is 11.1 Å². The summed E-state index contributed by atoms with van der Waals surface area (Å²) in [5, 5.41) is 0. The zero-order valence-corrected chi connectivity index (χ0v) is 22.4. The Morgan fingerprint density at radius 3 is 2.62 bits per heavy atom. The number of para-hydroxylation sites is 3. The zero-order valence-electron chi connectivity index (χ0n) is 22.4. The molecule has 0 N–H and O–H groups in total. The minimum Gasteiger partial charge on any atom is -0.493 e. The molecule has 0 bridgehead atoms. The summed E-state index contributed by atoms with van der Waals surface area (Å²) in [5.74, 6) is 2.70. The van der Waals surface area contributed by atoms with Crippen LogP contribution in [0.3, 0.4) is 0 Å². The molecule has 1 saturated heterocycles. The van der Waals surface area contributed by atoms with Crippen LogP contribution in [0.1, 0.15) is 67.5 Å². The van der Waals surface area contributed by atoms with E-state index in [4.69, 9.17) is 9.72 Å². The number of rotatable bonds is 9. The summed E-state index contributed by atoms with van der Waals surface area (Å²) in [5.41, 5.74) is 6.71. The number of aromatic nitrogens is 2. The van der Waals surface area contributed by atoms with Gasteiger partial charge in [0.1, 0.15) is 11.6 Å². The van der Waals surface area contributed by atoms with Crippen molar-refractivity contribution in [2.75, 3.05) is 18.1 Å². The van der Waals surface area contributed by atoms with E-state index >= 15 is 0 Å². The third kappa shape index (κ3) is 5.27. The molecule has 1 amide bonds. The number of anilines is 1. The van der Waals surface area contributed by atoms with Gasteiger partial charge in [0.05, 0.1) is 17.6 Å². The van der Waals surface area contributed by atoms with E-state index in [1.807, 2.05) is 17.0 Å². The van der Waals surface area contributed by atoms with Gasteiger partial charge in [-0.25, -0.2) is 4.98 Å². The molecule has 1 aliphatic rings. The van der Waals surface area contributed by atoms with Crippen LogP contribution in [0.15, 0.2) is 66.7 Å². The van der Waals surface area contributed by atoms with Crippen LogP contribution in [-0.2, 0) is 11.3 Å². The maximum absolute atomic E-state index is 13.1. The number of hydrogen-bond acceptors (Lipinski definition) is 3. The summed E-state index contributed by atoms with van der Waals surface area (Å²) < 4.78 is 8.49. The highest BCUT2D eigenvalue weighted by Crippen LogP contribution is 2.35. The second-order valence-electron chi connectivity index (χ2n) is 10.6. The maximum Gasteiger partial charge on any atom is 0.227 e. The normalized spacial score (nSPS) is 15.8. The fourth-order valence-electron chi connectivity index (χ4n) is 5.41. The summed E-state index contributed by atoms with van der Waals surface area (Å²) in [6.07, 6.45) is 2.43.